The number of ether oxygens (including phenoxy) is 2. The number of hydrogen-bond donors (Lipinski definition) is 0. The predicted octanol–water partition coefficient (Wildman–Crippen LogP) is 4.33. The topological polar surface area (TPSA) is 81.9 Å². The fourth-order valence-corrected chi connectivity index (χ4v) is 5.20. The molecule has 1 aliphatic rings. The van der Waals surface area contributed by atoms with E-state index in [1.54, 1.807) is 24.3 Å². The van der Waals surface area contributed by atoms with Gasteiger partial charge < -0.3 is 14.0 Å². The van der Waals surface area contributed by atoms with Crippen LogP contribution in [0, 0.1) is 13.8 Å². The van der Waals surface area contributed by atoms with Crippen LogP contribution in [0.5, 0.6) is 11.5 Å². The van der Waals surface area contributed by atoms with Gasteiger partial charge >= 0.3 is 0 Å². The van der Waals surface area contributed by atoms with E-state index in [4.69, 9.17) is 14.0 Å². The Kier molecular flexibility index (Phi) is 5.19. The minimum absolute atomic E-state index is 0.0702. The van der Waals surface area contributed by atoms with Crippen LogP contribution in [0.1, 0.15) is 24.6 Å². The molecular weight excluding hydrogens is 404 g/mol. The van der Waals surface area contributed by atoms with Crippen molar-refractivity contribution in [3.8, 4) is 22.8 Å². The Balaban J connectivity index is 1.86. The molecule has 0 fully saturated rings. The first kappa shape index (κ1) is 20.3. The van der Waals surface area contributed by atoms with E-state index in [1.807, 2.05) is 39.0 Å². The fraction of sp³-hybridized carbons (Fsp3) is 0.318. The summed E-state index contributed by atoms with van der Waals surface area (Å²) in [6, 6.07) is 12.3. The molecule has 2 heterocycles. The lowest BCUT2D eigenvalue weighted by atomic mass is 10.1. The maximum absolute atomic E-state index is 13.8. The number of anilines is 1. The van der Waals surface area contributed by atoms with Gasteiger partial charge in [0.2, 0.25) is 0 Å². The number of nitrogens with zero attached hydrogens (tertiary/aromatic N) is 2. The van der Waals surface area contributed by atoms with Gasteiger partial charge in [-0.2, -0.15) is 0 Å². The molecule has 0 N–H and O–H groups in total. The van der Waals surface area contributed by atoms with Crippen LogP contribution in [0.4, 0.5) is 5.69 Å². The van der Waals surface area contributed by atoms with Gasteiger partial charge in [0.15, 0.2) is 5.76 Å². The van der Waals surface area contributed by atoms with Gasteiger partial charge in [0.05, 0.1) is 25.0 Å². The molecule has 2 aromatic carbocycles. The minimum atomic E-state index is -3.94. The lowest BCUT2D eigenvalue weighted by Crippen LogP contribution is -2.43. The van der Waals surface area contributed by atoms with Crippen LogP contribution in [0.25, 0.3) is 11.3 Å². The van der Waals surface area contributed by atoms with Crippen LogP contribution >= 0.6 is 0 Å². The third-order valence-electron chi connectivity index (χ3n) is 5.15. The van der Waals surface area contributed by atoms with E-state index >= 15 is 0 Å². The van der Waals surface area contributed by atoms with Crippen LogP contribution in [0.15, 0.2) is 51.9 Å². The summed E-state index contributed by atoms with van der Waals surface area (Å²) in [5.41, 5.74) is 2.81. The third kappa shape index (κ3) is 3.52. The van der Waals surface area contributed by atoms with E-state index < -0.39 is 10.0 Å². The second kappa shape index (κ2) is 7.68. The van der Waals surface area contributed by atoms with Crippen molar-refractivity contribution >= 4 is 15.7 Å². The van der Waals surface area contributed by atoms with Gasteiger partial charge in [-0.3, -0.25) is 4.31 Å². The highest BCUT2D eigenvalue weighted by molar-refractivity contribution is 7.93. The van der Waals surface area contributed by atoms with Crippen molar-refractivity contribution in [2.45, 2.75) is 38.2 Å². The molecule has 158 valence electrons. The van der Waals surface area contributed by atoms with Gasteiger partial charge in [0.1, 0.15) is 22.5 Å². The highest BCUT2D eigenvalue weighted by atomic mass is 32.2. The number of benzene rings is 2. The zero-order valence-corrected chi connectivity index (χ0v) is 18.2. The van der Waals surface area contributed by atoms with Crippen molar-refractivity contribution < 1.29 is 22.4 Å². The zero-order valence-electron chi connectivity index (χ0n) is 17.4. The molecule has 0 saturated carbocycles. The quantitative estimate of drug-likeness (QED) is 0.601. The number of sulfonamides is 1. The van der Waals surface area contributed by atoms with Gasteiger partial charge in [-0.05, 0) is 56.2 Å². The highest BCUT2D eigenvalue weighted by Gasteiger charge is 2.36. The minimum Gasteiger partial charge on any atom is -0.495 e. The van der Waals surface area contributed by atoms with Crippen molar-refractivity contribution in [1.82, 2.24) is 5.16 Å². The zero-order chi connectivity index (χ0) is 21.5. The Bertz CT molecular complexity index is 1190. The molecule has 0 unspecified atom stereocenters. The molecule has 1 aliphatic heterocycles. The van der Waals surface area contributed by atoms with Crippen molar-refractivity contribution in [1.29, 1.82) is 0 Å². The number of methoxy groups -OCH3 is 1. The molecule has 1 atom stereocenters. The number of aromatic nitrogens is 1. The molecule has 0 spiro atoms. The standard InChI is InChI=1S/C22H24N2O5S/c1-5-17-13-24(18-10-14(2)6-8-19(18)28-17)30(25,26)22-12-16(7-9-20(22)27-4)21-11-15(3)23-29-21/h6-12,17H,5,13H2,1-4H3/t17-/m1/s1. The molecular formula is C22H24N2O5S. The largest absolute Gasteiger partial charge is 0.495 e. The van der Waals surface area contributed by atoms with E-state index in [0.29, 0.717) is 34.9 Å². The first-order valence-electron chi connectivity index (χ1n) is 9.75. The molecule has 0 radical (unpaired) electrons. The second-order valence-corrected chi connectivity index (χ2v) is 9.18. The molecule has 4 rings (SSSR count). The summed E-state index contributed by atoms with van der Waals surface area (Å²) in [5.74, 6) is 1.32. The third-order valence-corrected chi connectivity index (χ3v) is 6.95. The number of hydrogen-bond acceptors (Lipinski definition) is 6. The van der Waals surface area contributed by atoms with Gasteiger partial charge in [-0.15, -0.1) is 0 Å². The first-order chi connectivity index (χ1) is 14.3. The Labute approximate surface area is 176 Å². The maximum atomic E-state index is 13.8. The van der Waals surface area contributed by atoms with Crippen LogP contribution in [-0.4, -0.2) is 33.3 Å². The van der Waals surface area contributed by atoms with E-state index in [2.05, 4.69) is 5.16 Å². The van der Waals surface area contributed by atoms with Gasteiger partial charge in [0.25, 0.3) is 10.0 Å². The molecule has 0 bridgehead atoms. The Morgan fingerprint density at radius 2 is 1.97 bits per heavy atom. The molecule has 0 aliphatic carbocycles. The molecule has 3 aromatic rings. The Morgan fingerprint density at radius 1 is 1.17 bits per heavy atom. The first-order valence-corrected chi connectivity index (χ1v) is 11.2. The summed E-state index contributed by atoms with van der Waals surface area (Å²) < 4.78 is 45.8. The maximum Gasteiger partial charge on any atom is 0.268 e. The molecule has 0 amide bonds. The summed E-state index contributed by atoms with van der Waals surface area (Å²) in [7, 11) is -2.48. The Hall–Kier alpha value is -3.00. The predicted molar refractivity (Wildman–Crippen MR) is 114 cm³/mol. The number of aryl methyl sites for hydroxylation is 2. The smallest absolute Gasteiger partial charge is 0.268 e. The van der Waals surface area contributed by atoms with E-state index in [0.717, 1.165) is 5.56 Å². The van der Waals surface area contributed by atoms with E-state index in [9.17, 15) is 8.42 Å². The monoisotopic (exact) mass is 428 g/mol. The molecule has 1 aromatic heterocycles. The fourth-order valence-electron chi connectivity index (χ4n) is 3.51. The molecule has 30 heavy (non-hydrogen) atoms. The summed E-state index contributed by atoms with van der Waals surface area (Å²) in [5, 5.41) is 3.90. The second-order valence-electron chi connectivity index (χ2n) is 7.35. The number of fused-ring (bicyclic) bond motifs is 1. The van der Waals surface area contributed by atoms with Crippen LogP contribution in [0.3, 0.4) is 0 Å². The summed E-state index contributed by atoms with van der Waals surface area (Å²) in [6.45, 7) is 5.93. The number of rotatable bonds is 5. The Morgan fingerprint density at radius 3 is 2.63 bits per heavy atom. The van der Waals surface area contributed by atoms with Gasteiger partial charge in [-0.25, -0.2) is 8.42 Å². The van der Waals surface area contributed by atoms with Crippen molar-refractivity contribution in [2.75, 3.05) is 18.0 Å². The normalized spacial score (nSPS) is 16.1. The molecule has 0 saturated heterocycles. The van der Waals surface area contributed by atoms with Crippen molar-refractivity contribution in [2.24, 2.45) is 0 Å². The van der Waals surface area contributed by atoms with Crippen LogP contribution < -0.4 is 13.8 Å². The average Bonchev–Trinajstić information content (AvgIpc) is 3.18. The van der Waals surface area contributed by atoms with Crippen LogP contribution in [0.2, 0.25) is 0 Å². The molecule has 8 heteroatoms. The molecule has 7 nitrogen and oxygen atoms in total. The van der Waals surface area contributed by atoms with E-state index in [1.165, 1.54) is 11.4 Å². The van der Waals surface area contributed by atoms with Gasteiger partial charge in [-0.1, -0.05) is 18.1 Å². The van der Waals surface area contributed by atoms with Crippen LogP contribution in [-0.2, 0) is 10.0 Å². The summed E-state index contributed by atoms with van der Waals surface area (Å²) >= 11 is 0. The lowest BCUT2D eigenvalue weighted by molar-refractivity contribution is 0.195. The SMILES string of the molecule is CC[C@@H]1CN(S(=O)(=O)c2cc(-c3cc(C)no3)ccc2OC)c2cc(C)ccc2O1. The van der Waals surface area contributed by atoms with E-state index in [-0.39, 0.29) is 23.3 Å². The summed E-state index contributed by atoms with van der Waals surface area (Å²) in [4.78, 5) is 0.0702. The van der Waals surface area contributed by atoms with Gasteiger partial charge in [0, 0.05) is 11.6 Å². The lowest BCUT2D eigenvalue weighted by Gasteiger charge is -2.35. The van der Waals surface area contributed by atoms with Crippen molar-refractivity contribution in [3.63, 3.8) is 0 Å². The summed E-state index contributed by atoms with van der Waals surface area (Å²) in [6.07, 6.45) is 0.453. The average molecular weight is 429 g/mol. The highest BCUT2D eigenvalue weighted by Crippen LogP contribution is 2.40. The van der Waals surface area contributed by atoms with Crippen molar-refractivity contribution in [3.05, 3.63) is 53.7 Å².